The quantitative estimate of drug-likeness (QED) is 0.346. The second-order valence-electron chi connectivity index (χ2n) is 12.7. The van der Waals surface area contributed by atoms with E-state index >= 15 is 0 Å². The molecule has 202 valence electrons. The van der Waals surface area contributed by atoms with Crippen molar-refractivity contribution in [1.29, 1.82) is 0 Å². The predicted molar refractivity (Wildman–Crippen MR) is 155 cm³/mol. The zero-order chi connectivity index (χ0) is 27.1. The van der Waals surface area contributed by atoms with E-state index in [0.29, 0.717) is 18.8 Å². The lowest BCUT2D eigenvalue weighted by Crippen LogP contribution is -2.56. The summed E-state index contributed by atoms with van der Waals surface area (Å²) >= 11 is 0. The number of carbonyl (C=O) groups is 2. The van der Waals surface area contributed by atoms with E-state index in [1.54, 1.807) is 0 Å². The van der Waals surface area contributed by atoms with Gasteiger partial charge < -0.3 is 9.64 Å². The van der Waals surface area contributed by atoms with Crippen LogP contribution in [0.2, 0.25) is 0 Å². The fourth-order valence-corrected chi connectivity index (χ4v) is 7.08. The first-order chi connectivity index (χ1) is 18.8. The summed E-state index contributed by atoms with van der Waals surface area (Å²) in [6, 6.07) is 25.5. The number of piperidine rings is 2. The van der Waals surface area contributed by atoms with E-state index in [2.05, 4.69) is 93.6 Å². The summed E-state index contributed by atoms with van der Waals surface area (Å²) in [5.41, 5.74) is 7.39. The number of fused-ring (bicyclic) bond motifs is 5. The summed E-state index contributed by atoms with van der Waals surface area (Å²) in [7, 11) is 0. The van der Waals surface area contributed by atoms with Gasteiger partial charge in [0.05, 0.1) is 0 Å². The molecule has 0 aromatic heterocycles. The smallest absolute Gasteiger partial charge is 0.410 e. The fraction of sp³-hybridized carbons (Fsp3) is 0.429. The van der Waals surface area contributed by atoms with Crippen LogP contribution in [0.1, 0.15) is 81.0 Å². The Bertz CT molecular complexity index is 1310. The molecule has 2 heterocycles. The number of nitrogens with zero attached hydrogens (tertiary/aromatic N) is 1. The van der Waals surface area contributed by atoms with Crippen LogP contribution in [-0.2, 0) is 21.4 Å². The normalized spacial score (nSPS) is 22.2. The van der Waals surface area contributed by atoms with Crippen LogP contribution in [0.15, 0.2) is 72.8 Å². The van der Waals surface area contributed by atoms with E-state index < -0.39 is 0 Å². The van der Waals surface area contributed by atoms with E-state index in [4.69, 9.17) is 4.74 Å². The maximum Gasteiger partial charge on any atom is 0.410 e. The van der Waals surface area contributed by atoms with Crippen LogP contribution in [0.3, 0.4) is 0 Å². The van der Waals surface area contributed by atoms with Gasteiger partial charge in [0.2, 0.25) is 0 Å². The molecular formula is C35H39NO3. The van der Waals surface area contributed by atoms with Crippen molar-refractivity contribution in [2.24, 2.45) is 5.92 Å². The molecule has 2 saturated heterocycles. The number of ether oxygens (including phenoxy) is 1. The SMILES string of the molecule is CC(C)(C)c1ccc(CC(=O)C2CC3CCCC(C2)N3C(=O)OCC2c3ccccc3-c3ccccc32)cc1. The second kappa shape index (κ2) is 10.3. The molecule has 2 unspecified atom stereocenters. The van der Waals surface area contributed by atoms with Crippen molar-refractivity contribution < 1.29 is 14.3 Å². The van der Waals surface area contributed by atoms with Gasteiger partial charge in [0, 0.05) is 30.3 Å². The summed E-state index contributed by atoms with van der Waals surface area (Å²) in [4.78, 5) is 28.8. The van der Waals surface area contributed by atoms with Crippen molar-refractivity contribution in [1.82, 2.24) is 4.90 Å². The third-order valence-corrected chi connectivity index (χ3v) is 9.18. The summed E-state index contributed by atoms with van der Waals surface area (Å²) in [6.45, 7) is 6.96. The molecule has 2 atom stereocenters. The molecule has 0 radical (unpaired) electrons. The van der Waals surface area contributed by atoms with Gasteiger partial charge in [-0.1, -0.05) is 93.6 Å². The highest BCUT2D eigenvalue weighted by Gasteiger charge is 2.44. The third-order valence-electron chi connectivity index (χ3n) is 9.18. The standard InChI is InChI=1S/C35H39NO3/c1-35(2,3)25-17-15-23(16-18-25)19-33(37)24-20-26-9-8-10-27(21-24)36(26)34(38)39-22-32-30-13-6-4-11-28(30)29-12-5-7-14-31(29)32/h4-7,11-18,24,26-27,32H,8-10,19-22H2,1-3H3. The zero-order valence-corrected chi connectivity index (χ0v) is 23.4. The molecule has 0 N–H and O–H groups in total. The summed E-state index contributed by atoms with van der Waals surface area (Å²) < 4.78 is 6.05. The molecule has 2 fully saturated rings. The van der Waals surface area contributed by atoms with Gasteiger partial charge in [-0.25, -0.2) is 4.79 Å². The Morgan fingerprint density at radius 3 is 1.95 bits per heavy atom. The number of Topliss-reactive ketones (excluding diaryl/α,β-unsaturated/α-hetero) is 1. The molecule has 3 aliphatic rings. The average Bonchev–Trinajstić information content (AvgIpc) is 3.24. The zero-order valence-electron chi connectivity index (χ0n) is 23.4. The number of carbonyl (C=O) groups excluding carboxylic acids is 2. The number of ketones is 1. The minimum atomic E-state index is -0.213. The van der Waals surface area contributed by atoms with Gasteiger partial charge in [-0.05, 0) is 70.9 Å². The van der Waals surface area contributed by atoms with Crippen molar-refractivity contribution in [3.63, 3.8) is 0 Å². The highest BCUT2D eigenvalue weighted by atomic mass is 16.6. The predicted octanol–water partition coefficient (Wildman–Crippen LogP) is 7.68. The molecular weight excluding hydrogens is 482 g/mol. The van der Waals surface area contributed by atoms with Gasteiger partial charge in [0.15, 0.2) is 0 Å². The van der Waals surface area contributed by atoms with E-state index in [9.17, 15) is 9.59 Å². The Balaban J connectivity index is 1.10. The highest BCUT2D eigenvalue weighted by Crippen LogP contribution is 2.45. The molecule has 0 spiro atoms. The van der Waals surface area contributed by atoms with Crippen molar-refractivity contribution in [2.75, 3.05) is 6.61 Å². The maximum absolute atomic E-state index is 13.5. The van der Waals surface area contributed by atoms with Gasteiger partial charge >= 0.3 is 6.09 Å². The number of benzene rings is 3. The Kier molecular flexibility index (Phi) is 6.82. The van der Waals surface area contributed by atoms with E-state index in [-0.39, 0.29) is 35.4 Å². The number of hydrogen-bond donors (Lipinski definition) is 0. The Morgan fingerprint density at radius 1 is 0.821 bits per heavy atom. The van der Waals surface area contributed by atoms with Crippen LogP contribution in [0.5, 0.6) is 0 Å². The molecule has 39 heavy (non-hydrogen) atoms. The second-order valence-corrected chi connectivity index (χ2v) is 12.7. The first-order valence-corrected chi connectivity index (χ1v) is 14.5. The monoisotopic (exact) mass is 521 g/mol. The molecule has 4 heteroatoms. The van der Waals surface area contributed by atoms with Gasteiger partial charge in [-0.2, -0.15) is 0 Å². The molecule has 0 saturated carbocycles. The lowest BCUT2D eigenvalue weighted by atomic mass is 9.76. The molecule has 4 nitrogen and oxygen atoms in total. The van der Waals surface area contributed by atoms with Gasteiger partial charge in [-0.3, -0.25) is 4.79 Å². The van der Waals surface area contributed by atoms with Crippen LogP contribution < -0.4 is 0 Å². The molecule has 3 aromatic carbocycles. The van der Waals surface area contributed by atoms with Crippen molar-refractivity contribution in [3.05, 3.63) is 95.1 Å². The van der Waals surface area contributed by atoms with E-state index in [1.165, 1.54) is 27.8 Å². The average molecular weight is 522 g/mol. The van der Waals surface area contributed by atoms with Crippen molar-refractivity contribution in [3.8, 4) is 11.1 Å². The summed E-state index contributed by atoms with van der Waals surface area (Å²) in [5.74, 6) is 0.382. The maximum atomic E-state index is 13.5. The molecule has 2 aliphatic heterocycles. The largest absolute Gasteiger partial charge is 0.448 e. The minimum Gasteiger partial charge on any atom is -0.448 e. The highest BCUT2D eigenvalue weighted by molar-refractivity contribution is 5.84. The topological polar surface area (TPSA) is 46.6 Å². The van der Waals surface area contributed by atoms with E-state index in [0.717, 1.165) is 37.7 Å². The molecule has 2 bridgehead atoms. The number of hydrogen-bond acceptors (Lipinski definition) is 3. The first-order valence-electron chi connectivity index (χ1n) is 14.5. The molecule has 3 aromatic rings. The minimum absolute atomic E-state index is 0.0141. The number of amides is 1. The van der Waals surface area contributed by atoms with E-state index in [1.807, 2.05) is 4.90 Å². The van der Waals surface area contributed by atoms with Crippen LogP contribution in [0.25, 0.3) is 11.1 Å². The van der Waals surface area contributed by atoms with Crippen molar-refractivity contribution >= 4 is 11.9 Å². The molecule has 6 rings (SSSR count). The van der Waals surface area contributed by atoms with Crippen molar-refractivity contribution in [2.45, 2.75) is 82.7 Å². The summed E-state index contributed by atoms with van der Waals surface area (Å²) in [5, 5.41) is 0. The van der Waals surface area contributed by atoms with Crippen LogP contribution >= 0.6 is 0 Å². The Labute approximate surface area is 232 Å². The van der Waals surface area contributed by atoms with Gasteiger partial charge in [-0.15, -0.1) is 0 Å². The molecule has 1 aliphatic carbocycles. The Hall–Kier alpha value is -3.40. The summed E-state index contributed by atoms with van der Waals surface area (Å²) in [6.07, 6.45) is 4.77. The fourth-order valence-electron chi connectivity index (χ4n) is 7.08. The third kappa shape index (κ3) is 5.02. The Morgan fingerprint density at radius 2 is 1.38 bits per heavy atom. The van der Waals surface area contributed by atoms with Crippen LogP contribution in [0, 0.1) is 5.92 Å². The van der Waals surface area contributed by atoms with Crippen LogP contribution in [-0.4, -0.2) is 35.5 Å². The first kappa shape index (κ1) is 25.9. The lowest BCUT2D eigenvalue weighted by molar-refractivity contribution is -0.126. The van der Waals surface area contributed by atoms with Crippen LogP contribution in [0.4, 0.5) is 4.79 Å². The lowest BCUT2D eigenvalue weighted by Gasteiger charge is -2.47. The number of rotatable bonds is 5. The molecule has 1 amide bonds. The van der Waals surface area contributed by atoms with Gasteiger partial charge in [0.25, 0.3) is 0 Å². The van der Waals surface area contributed by atoms with Gasteiger partial charge in [0.1, 0.15) is 12.4 Å².